The van der Waals surface area contributed by atoms with E-state index in [9.17, 15) is 0 Å². The minimum atomic E-state index is 0.131. The Hall–Kier alpha value is -2.68. The summed E-state index contributed by atoms with van der Waals surface area (Å²) in [6, 6.07) is 3.74. The van der Waals surface area contributed by atoms with E-state index in [1.54, 1.807) is 13.2 Å². The Balaban J connectivity index is 1.95. The van der Waals surface area contributed by atoms with Crippen molar-refractivity contribution in [2.45, 2.75) is 6.92 Å². The summed E-state index contributed by atoms with van der Waals surface area (Å²) in [6.07, 6.45) is 0. The lowest BCUT2D eigenvalue weighted by atomic mass is 10.4. The minimum absolute atomic E-state index is 0.131. The van der Waals surface area contributed by atoms with Gasteiger partial charge in [0.05, 0.1) is 6.61 Å². The molecule has 0 unspecified atom stereocenters. The van der Waals surface area contributed by atoms with Crippen LogP contribution in [0.25, 0.3) is 17.4 Å². The van der Waals surface area contributed by atoms with Gasteiger partial charge in [-0.25, -0.2) is 0 Å². The average Bonchev–Trinajstić information content (AvgIpc) is 3.05. The van der Waals surface area contributed by atoms with Crippen LogP contribution in [0.1, 0.15) is 5.76 Å². The molecular weight excluding hydrogens is 276 g/mol. The van der Waals surface area contributed by atoms with E-state index in [2.05, 4.69) is 20.1 Å². The van der Waals surface area contributed by atoms with E-state index in [4.69, 9.17) is 19.6 Å². The molecule has 0 amide bonds. The molecule has 9 heteroatoms. The van der Waals surface area contributed by atoms with Crippen LogP contribution in [0.3, 0.4) is 0 Å². The van der Waals surface area contributed by atoms with Crippen molar-refractivity contribution in [2.24, 2.45) is 0 Å². The second kappa shape index (κ2) is 5.37. The lowest BCUT2D eigenvalue weighted by Crippen LogP contribution is -2.10. The van der Waals surface area contributed by atoms with Gasteiger partial charge in [0.15, 0.2) is 5.76 Å². The molecular formula is C12H14N6O3. The van der Waals surface area contributed by atoms with E-state index in [1.165, 1.54) is 4.52 Å². The molecule has 110 valence electrons. The number of ether oxygens (including phenoxy) is 2. The van der Waals surface area contributed by atoms with Gasteiger partial charge in [0, 0.05) is 7.11 Å². The molecule has 0 aliphatic carbocycles. The number of furan rings is 1. The van der Waals surface area contributed by atoms with Gasteiger partial charge in [0.1, 0.15) is 12.4 Å². The third kappa shape index (κ3) is 2.63. The SMILES string of the molecule is COCCOc1nc(N)n2nc(-c3ccc(C)o3)nc2n1. The average molecular weight is 290 g/mol. The standard InChI is InChI=1S/C12H14N6O3/c1-7-3-4-8(21-7)9-14-11-16-12(20-6-5-19-2)15-10(13)18(11)17-9/h3-4H,5-6H2,1-2H3,(H2,13,14,15,16,17). The Morgan fingerprint density at radius 2 is 2.10 bits per heavy atom. The zero-order valence-corrected chi connectivity index (χ0v) is 11.6. The molecule has 0 spiro atoms. The van der Waals surface area contributed by atoms with Crippen LogP contribution in [0, 0.1) is 6.92 Å². The molecule has 3 heterocycles. The lowest BCUT2D eigenvalue weighted by molar-refractivity contribution is 0.141. The number of anilines is 1. The summed E-state index contributed by atoms with van der Waals surface area (Å²) in [6.45, 7) is 2.59. The molecule has 2 N–H and O–H groups in total. The van der Waals surface area contributed by atoms with Crippen molar-refractivity contribution >= 4 is 11.7 Å². The Bertz CT molecular complexity index is 766. The largest absolute Gasteiger partial charge is 0.461 e. The van der Waals surface area contributed by atoms with Crippen molar-refractivity contribution in [3.8, 4) is 17.6 Å². The Labute approximate surface area is 119 Å². The van der Waals surface area contributed by atoms with Crippen molar-refractivity contribution in [1.82, 2.24) is 24.6 Å². The topological polar surface area (TPSA) is 114 Å². The monoisotopic (exact) mass is 290 g/mol. The highest BCUT2D eigenvalue weighted by Gasteiger charge is 2.14. The summed E-state index contributed by atoms with van der Waals surface area (Å²) in [5, 5.41) is 4.21. The van der Waals surface area contributed by atoms with Crippen LogP contribution in [-0.4, -0.2) is 44.9 Å². The number of aryl methyl sites for hydroxylation is 1. The van der Waals surface area contributed by atoms with Crippen LogP contribution < -0.4 is 10.5 Å². The van der Waals surface area contributed by atoms with E-state index < -0.39 is 0 Å². The molecule has 0 saturated heterocycles. The third-order valence-corrected chi connectivity index (χ3v) is 2.69. The zero-order chi connectivity index (χ0) is 14.8. The number of nitrogens with zero attached hydrogens (tertiary/aromatic N) is 5. The molecule has 3 rings (SSSR count). The summed E-state index contributed by atoms with van der Waals surface area (Å²) < 4.78 is 17.0. The fraction of sp³-hybridized carbons (Fsp3) is 0.333. The third-order valence-electron chi connectivity index (χ3n) is 2.69. The van der Waals surface area contributed by atoms with E-state index in [0.29, 0.717) is 30.6 Å². The minimum Gasteiger partial charge on any atom is -0.461 e. The maximum Gasteiger partial charge on any atom is 0.323 e. The zero-order valence-electron chi connectivity index (χ0n) is 11.6. The molecule has 3 aromatic rings. The second-order valence-electron chi connectivity index (χ2n) is 4.26. The molecule has 9 nitrogen and oxygen atoms in total. The highest BCUT2D eigenvalue weighted by molar-refractivity contribution is 5.51. The van der Waals surface area contributed by atoms with Gasteiger partial charge in [-0.15, -0.1) is 5.10 Å². The van der Waals surface area contributed by atoms with Crippen molar-refractivity contribution < 1.29 is 13.9 Å². The van der Waals surface area contributed by atoms with E-state index in [0.717, 1.165) is 5.76 Å². The molecule has 0 aliphatic rings. The highest BCUT2D eigenvalue weighted by atomic mass is 16.5. The highest BCUT2D eigenvalue weighted by Crippen LogP contribution is 2.20. The van der Waals surface area contributed by atoms with Crippen LogP contribution in [0.2, 0.25) is 0 Å². The van der Waals surface area contributed by atoms with Crippen LogP contribution in [-0.2, 0) is 4.74 Å². The number of hydrogen-bond acceptors (Lipinski definition) is 8. The van der Waals surface area contributed by atoms with Crippen LogP contribution in [0.15, 0.2) is 16.5 Å². The lowest BCUT2D eigenvalue weighted by Gasteiger charge is -2.03. The van der Waals surface area contributed by atoms with Gasteiger partial charge in [0.25, 0.3) is 5.78 Å². The summed E-state index contributed by atoms with van der Waals surface area (Å²) in [5.74, 6) is 2.12. The first-order valence-electron chi connectivity index (χ1n) is 6.26. The Kier molecular flexibility index (Phi) is 3.40. The molecule has 0 aromatic carbocycles. The maximum absolute atomic E-state index is 5.83. The first-order valence-corrected chi connectivity index (χ1v) is 6.26. The smallest absolute Gasteiger partial charge is 0.323 e. The Morgan fingerprint density at radius 3 is 2.81 bits per heavy atom. The van der Waals surface area contributed by atoms with Gasteiger partial charge in [-0.3, -0.25) is 0 Å². The molecule has 0 bridgehead atoms. The fourth-order valence-electron chi connectivity index (χ4n) is 1.73. The van der Waals surface area contributed by atoms with Crippen LogP contribution >= 0.6 is 0 Å². The summed E-state index contributed by atoms with van der Waals surface area (Å²) >= 11 is 0. The fourth-order valence-corrected chi connectivity index (χ4v) is 1.73. The number of fused-ring (bicyclic) bond motifs is 1. The normalized spacial score (nSPS) is 11.1. The summed E-state index contributed by atoms with van der Waals surface area (Å²) in [4.78, 5) is 12.4. The predicted molar refractivity (Wildman–Crippen MR) is 72.8 cm³/mol. The summed E-state index contributed by atoms with van der Waals surface area (Å²) in [7, 11) is 1.58. The second-order valence-corrected chi connectivity index (χ2v) is 4.26. The maximum atomic E-state index is 5.83. The molecule has 0 radical (unpaired) electrons. The van der Waals surface area contributed by atoms with Gasteiger partial charge in [-0.1, -0.05) is 0 Å². The number of rotatable bonds is 5. The van der Waals surface area contributed by atoms with Crippen LogP contribution in [0.5, 0.6) is 6.01 Å². The number of aromatic nitrogens is 5. The number of nitrogens with two attached hydrogens (primary N) is 1. The first-order chi connectivity index (χ1) is 10.2. The van der Waals surface area contributed by atoms with E-state index in [1.807, 2.05) is 13.0 Å². The summed E-state index contributed by atoms with van der Waals surface area (Å²) in [5.41, 5.74) is 5.83. The molecule has 21 heavy (non-hydrogen) atoms. The molecule has 0 aliphatic heterocycles. The first kappa shape index (κ1) is 13.3. The van der Waals surface area contributed by atoms with Crippen LogP contribution in [0.4, 0.5) is 5.95 Å². The van der Waals surface area contributed by atoms with E-state index >= 15 is 0 Å². The van der Waals surface area contributed by atoms with Gasteiger partial charge < -0.3 is 19.6 Å². The molecule has 0 fully saturated rings. The van der Waals surface area contributed by atoms with E-state index in [-0.39, 0.29) is 12.0 Å². The number of nitrogen functional groups attached to an aromatic ring is 1. The van der Waals surface area contributed by atoms with Crippen molar-refractivity contribution in [3.05, 3.63) is 17.9 Å². The van der Waals surface area contributed by atoms with Gasteiger partial charge in [-0.2, -0.15) is 19.5 Å². The molecule has 0 atom stereocenters. The van der Waals surface area contributed by atoms with Gasteiger partial charge in [-0.05, 0) is 19.1 Å². The predicted octanol–water partition coefficient (Wildman–Crippen LogP) is 0.695. The van der Waals surface area contributed by atoms with Gasteiger partial charge in [0.2, 0.25) is 11.8 Å². The number of methoxy groups -OCH3 is 1. The molecule has 0 saturated carbocycles. The number of hydrogen-bond donors (Lipinski definition) is 1. The van der Waals surface area contributed by atoms with Gasteiger partial charge >= 0.3 is 6.01 Å². The van der Waals surface area contributed by atoms with Crippen molar-refractivity contribution in [1.29, 1.82) is 0 Å². The van der Waals surface area contributed by atoms with Crippen molar-refractivity contribution in [2.75, 3.05) is 26.1 Å². The molecule has 3 aromatic heterocycles. The quantitative estimate of drug-likeness (QED) is 0.683. The van der Waals surface area contributed by atoms with Crippen molar-refractivity contribution in [3.63, 3.8) is 0 Å². The Morgan fingerprint density at radius 1 is 1.24 bits per heavy atom.